The number of nitrogens with one attached hydrogen (secondary N) is 1. The highest BCUT2D eigenvalue weighted by atomic mass is 16.2. The maximum Gasteiger partial charge on any atom is 0.253 e. The van der Waals surface area contributed by atoms with Gasteiger partial charge >= 0.3 is 0 Å². The number of hydrogen-bond donors (Lipinski definition) is 1. The van der Waals surface area contributed by atoms with E-state index in [-0.39, 0.29) is 17.7 Å². The molecule has 26 heavy (non-hydrogen) atoms. The Morgan fingerprint density at radius 1 is 1.08 bits per heavy atom. The summed E-state index contributed by atoms with van der Waals surface area (Å²) >= 11 is 0. The number of carbonyl (C=O) groups is 2. The van der Waals surface area contributed by atoms with Crippen molar-refractivity contribution < 1.29 is 9.59 Å². The number of pyridine rings is 1. The molecule has 0 bridgehead atoms. The average Bonchev–Trinajstić information content (AvgIpc) is 3.53. The minimum atomic E-state index is 0.0372. The predicted molar refractivity (Wildman–Crippen MR) is 101 cm³/mol. The Hall–Kier alpha value is -2.69. The fraction of sp³-hybridized carbons (Fsp3) is 0.381. The first-order valence-corrected chi connectivity index (χ1v) is 9.22. The van der Waals surface area contributed by atoms with E-state index in [4.69, 9.17) is 0 Å². The average molecular weight is 351 g/mol. The van der Waals surface area contributed by atoms with Crippen molar-refractivity contribution >= 4 is 11.8 Å². The molecule has 5 heteroatoms. The first-order valence-electron chi connectivity index (χ1n) is 9.22. The topological polar surface area (TPSA) is 62.3 Å². The van der Waals surface area contributed by atoms with Crippen LogP contribution in [0.3, 0.4) is 0 Å². The van der Waals surface area contributed by atoms with Gasteiger partial charge in [-0.05, 0) is 61.6 Å². The van der Waals surface area contributed by atoms with Gasteiger partial charge in [-0.1, -0.05) is 12.1 Å². The third kappa shape index (κ3) is 4.91. The Kier molecular flexibility index (Phi) is 6.00. The zero-order valence-electron chi connectivity index (χ0n) is 15.1. The highest BCUT2D eigenvalue weighted by Crippen LogP contribution is 2.28. The number of likely N-dealkylation sites (N-methyl/N-ethyl adjacent to an activating group) is 1. The van der Waals surface area contributed by atoms with Gasteiger partial charge in [0.05, 0.1) is 0 Å². The summed E-state index contributed by atoms with van der Waals surface area (Å²) in [5.74, 6) is 0.392. The quantitative estimate of drug-likeness (QED) is 0.795. The second kappa shape index (κ2) is 8.61. The van der Waals surface area contributed by atoms with Crippen LogP contribution < -0.4 is 5.32 Å². The van der Waals surface area contributed by atoms with Crippen LogP contribution >= 0.6 is 0 Å². The van der Waals surface area contributed by atoms with Gasteiger partial charge in [-0.3, -0.25) is 14.6 Å². The number of hydrogen-bond acceptors (Lipinski definition) is 3. The standard InChI is InChI=1S/C21H25N3O2/c1-2-24(14-11-16-9-12-22-13-10-16)21(26)19-5-3-17(4-6-19)15-23-20(25)18-7-8-18/h3-6,9-10,12-13,18H,2,7-8,11,14-15H2,1H3,(H,23,25). The maximum atomic E-state index is 12.7. The van der Waals surface area contributed by atoms with Crippen LogP contribution in [0.25, 0.3) is 0 Å². The molecule has 0 atom stereocenters. The molecule has 1 saturated carbocycles. The number of carbonyl (C=O) groups excluding carboxylic acids is 2. The number of amides is 2. The van der Waals surface area contributed by atoms with E-state index in [0.29, 0.717) is 25.2 Å². The van der Waals surface area contributed by atoms with E-state index in [1.54, 1.807) is 12.4 Å². The van der Waals surface area contributed by atoms with E-state index in [2.05, 4.69) is 10.3 Å². The monoisotopic (exact) mass is 351 g/mol. The van der Waals surface area contributed by atoms with Gasteiger partial charge in [0.15, 0.2) is 0 Å². The minimum absolute atomic E-state index is 0.0372. The molecule has 1 heterocycles. The van der Waals surface area contributed by atoms with Crippen LogP contribution in [0.1, 0.15) is 41.3 Å². The summed E-state index contributed by atoms with van der Waals surface area (Å²) in [7, 11) is 0. The molecule has 5 nitrogen and oxygen atoms in total. The van der Waals surface area contributed by atoms with Crippen LogP contribution in [0.2, 0.25) is 0 Å². The first kappa shape index (κ1) is 18.1. The number of aromatic nitrogens is 1. The van der Waals surface area contributed by atoms with E-state index in [1.165, 1.54) is 5.56 Å². The molecule has 0 radical (unpaired) electrons. The van der Waals surface area contributed by atoms with Gasteiger partial charge < -0.3 is 10.2 Å². The van der Waals surface area contributed by atoms with Crippen molar-refractivity contribution in [2.45, 2.75) is 32.7 Å². The molecule has 1 fully saturated rings. The van der Waals surface area contributed by atoms with Crippen LogP contribution in [-0.2, 0) is 17.8 Å². The van der Waals surface area contributed by atoms with E-state index < -0.39 is 0 Å². The number of rotatable bonds is 8. The Bertz CT molecular complexity index is 740. The largest absolute Gasteiger partial charge is 0.352 e. The molecular formula is C21H25N3O2. The molecule has 1 aliphatic rings. The zero-order chi connectivity index (χ0) is 18.4. The fourth-order valence-corrected chi connectivity index (χ4v) is 2.84. The summed E-state index contributed by atoms with van der Waals surface area (Å²) < 4.78 is 0. The van der Waals surface area contributed by atoms with Crippen LogP contribution in [0, 0.1) is 5.92 Å². The number of benzene rings is 1. The first-order chi connectivity index (χ1) is 12.7. The van der Waals surface area contributed by atoms with Crippen molar-refractivity contribution in [1.29, 1.82) is 0 Å². The SMILES string of the molecule is CCN(CCc1ccncc1)C(=O)c1ccc(CNC(=O)C2CC2)cc1. The molecule has 2 aromatic rings. The maximum absolute atomic E-state index is 12.7. The smallest absolute Gasteiger partial charge is 0.253 e. The van der Waals surface area contributed by atoms with Crippen molar-refractivity contribution in [3.63, 3.8) is 0 Å². The molecule has 0 aliphatic heterocycles. The molecule has 0 spiro atoms. The molecule has 0 saturated heterocycles. The van der Waals surface area contributed by atoms with Crippen LogP contribution in [0.4, 0.5) is 0 Å². The second-order valence-corrected chi connectivity index (χ2v) is 6.68. The lowest BCUT2D eigenvalue weighted by atomic mass is 10.1. The van der Waals surface area contributed by atoms with E-state index in [9.17, 15) is 9.59 Å². The molecule has 0 unspecified atom stereocenters. The Balaban J connectivity index is 1.54. The Morgan fingerprint density at radius 2 is 1.77 bits per heavy atom. The predicted octanol–water partition coefficient (Wildman–Crippen LogP) is 2.81. The summed E-state index contributed by atoms with van der Waals surface area (Å²) in [6, 6.07) is 11.5. The fourth-order valence-electron chi connectivity index (χ4n) is 2.84. The van der Waals surface area contributed by atoms with E-state index in [1.807, 2.05) is 48.2 Å². The molecule has 1 N–H and O–H groups in total. The normalized spacial score (nSPS) is 13.3. The summed E-state index contributed by atoms with van der Waals surface area (Å²) in [6.45, 7) is 3.86. The van der Waals surface area contributed by atoms with Gasteiger partial charge in [0, 0.05) is 43.5 Å². The Labute approximate surface area is 154 Å². The molecule has 1 aliphatic carbocycles. The van der Waals surface area contributed by atoms with Crippen molar-refractivity contribution in [2.75, 3.05) is 13.1 Å². The summed E-state index contributed by atoms with van der Waals surface area (Å²) in [6.07, 6.45) is 6.37. The molecule has 1 aromatic heterocycles. The Morgan fingerprint density at radius 3 is 2.38 bits per heavy atom. The third-order valence-corrected chi connectivity index (χ3v) is 4.70. The molecular weight excluding hydrogens is 326 g/mol. The van der Waals surface area contributed by atoms with Gasteiger partial charge in [0.1, 0.15) is 0 Å². The van der Waals surface area contributed by atoms with Crippen molar-refractivity contribution in [1.82, 2.24) is 15.2 Å². The van der Waals surface area contributed by atoms with Crippen LogP contribution in [0.15, 0.2) is 48.8 Å². The lowest BCUT2D eigenvalue weighted by molar-refractivity contribution is -0.122. The lowest BCUT2D eigenvalue weighted by Gasteiger charge is -2.21. The van der Waals surface area contributed by atoms with E-state index >= 15 is 0 Å². The number of nitrogens with zero attached hydrogens (tertiary/aromatic N) is 2. The molecule has 2 amide bonds. The highest BCUT2D eigenvalue weighted by molar-refractivity contribution is 5.94. The molecule has 3 rings (SSSR count). The van der Waals surface area contributed by atoms with Gasteiger partial charge in [-0.15, -0.1) is 0 Å². The third-order valence-electron chi connectivity index (χ3n) is 4.70. The highest BCUT2D eigenvalue weighted by Gasteiger charge is 2.29. The van der Waals surface area contributed by atoms with E-state index in [0.717, 1.165) is 24.8 Å². The van der Waals surface area contributed by atoms with Gasteiger partial charge in [0.2, 0.25) is 5.91 Å². The van der Waals surface area contributed by atoms with Gasteiger partial charge in [0.25, 0.3) is 5.91 Å². The lowest BCUT2D eigenvalue weighted by Crippen LogP contribution is -2.32. The molecule has 136 valence electrons. The van der Waals surface area contributed by atoms with Crippen molar-refractivity contribution in [3.05, 3.63) is 65.5 Å². The van der Waals surface area contributed by atoms with Crippen molar-refractivity contribution in [2.24, 2.45) is 5.92 Å². The van der Waals surface area contributed by atoms with Crippen LogP contribution in [-0.4, -0.2) is 34.8 Å². The zero-order valence-corrected chi connectivity index (χ0v) is 15.1. The summed E-state index contributed by atoms with van der Waals surface area (Å²) in [5, 5.41) is 2.94. The second-order valence-electron chi connectivity index (χ2n) is 6.68. The van der Waals surface area contributed by atoms with Gasteiger partial charge in [-0.2, -0.15) is 0 Å². The van der Waals surface area contributed by atoms with Crippen LogP contribution in [0.5, 0.6) is 0 Å². The van der Waals surface area contributed by atoms with Gasteiger partial charge in [-0.25, -0.2) is 0 Å². The molecule has 1 aromatic carbocycles. The summed E-state index contributed by atoms with van der Waals surface area (Å²) in [5.41, 5.74) is 2.86. The minimum Gasteiger partial charge on any atom is -0.352 e. The summed E-state index contributed by atoms with van der Waals surface area (Å²) in [4.78, 5) is 30.3. The van der Waals surface area contributed by atoms with Crippen molar-refractivity contribution in [3.8, 4) is 0 Å².